The summed E-state index contributed by atoms with van der Waals surface area (Å²) in [6, 6.07) is 14.8. The zero-order valence-corrected chi connectivity index (χ0v) is 18.7. The maximum atomic E-state index is 9.15. The first-order valence-electron chi connectivity index (χ1n) is 10.5. The molecule has 0 amide bonds. The molecular weight excluding hydrogens is 386 g/mol. The van der Waals surface area contributed by atoms with Crippen LogP contribution in [-0.4, -0.2) is 40.1 Å². The number of imidazole rings is 1. The lowest BCUT2D eigenvalue weighted by atomic mass is 9.97. The van der Waals surface area contributed by atoms with Crippen LogP contribution in [0, 0.1) is 12.3 Å². The van der Waals surface area contributed by atoms with E-state index in [-0.39, 0.29) is 6.61 Å². The van der Waals surface area contributed by atoms with Crippen molar-refractivity contribution in [3.8, 4) is 5.69 Å². The highest BCUT2D eigenvalue weighted by Gasteiger charge is 2.15. The van der Waals surface area contributed by atoms with Crippen LogP contribution in [0.2, 0.25) is 0 Å². The molecule has 1 heterocycles. The number of nitrogens with zero attached hydrogens (tertiary/aromatic N) is 3. The van der Waals surface area contributed by atoms with Crippen molar-refractivity contribution in [3.05, 3.63) is 78.0 Å². The van der Waals surface area contributed by atoms with Crippen LogP contribution in [0.1, 0.15) is 31.9 Å². The van der Waals surface area contributed by atoms with Crippen molar-refractivity contribution in [3.63, 3.8) is 0 Å². The van der Waals surface area contributed by atoms with Gasteiger partial charge in [-0.1, -0.05) is 12.1 Å². The van der Waals surface area contributed by atoms with Gasteiger partial charge >= 0.3 is 0 Å². The van der Waals surface area contributed by atoms with E-state index in [0.717, 1.165) is 40.4 Å². The van der Waals surface area contributed by atoms with Crippen LogP contribution in [0.25, 0.3) is 11.3 Å². The summed E-state index contributed by atoms with van der Waals surface area (Å²) in [6.07, 6.45) is 5.50. The van der Waals surface area contributed by atoms with Gasteiger partial charge in [-0.15, -0.1) is 0 Å². The Labute approximate surface area is 184 Å². The SMILES string of the molecule is CCN(c1ccc(-n2ccnc2)cc1)c1cc(/C(C(C)=N)=C(\C)NCCO)ccc1C. The van der Waals surface area contributed by atoms with Crippen LogP contribution in [-0.2, 0) is 0 Å². The van der Waals surface area contributed by atoms with Gasteiger partial charge in [-0.05, 0) is 69.2 Å². The predicted octanol–water partition coefficient (Wildman–Crippen LogP) is 4.69. The Hall–Kier alpha value is -3.38. The van der Waals surface area contributed by atoms with Crippen molar-refractivity contribution in [2.24, 2.45) is 0 Å². The molecule has 3 rings (SSSR count). The molecule has 1 aromatic heterocycles. The van der Waals surface area contributed by atoms with E-state index in [4.69, 9.17) is 10.5 Å². The maximum Gasteiger partial charge on any atom is 0.0991 e. The third-order valence-corrected chi connectivity index (χ3v) is 5.32. The van der Waals surface area contributed by atoms with Gasteiger partial charge in [-0.2, -0.15) is 0 Å². The molecule has 0 spiro atoms. The van der Waals surface area contributed by atoms with Gasteiger partial charge in [0.25, 0.3) is 0 Å². The average molecular weight is 418 g/mol. The van der Waals surface area contributed by atoms with Gasteiger partial charge < -0.3 is 25.3 Å². The number of aromatic nitrogens is 2. The molecule has 3 N–H and O–H groups in total. The van der Waals surface area contributed by atoms with Crippen LogP contribution in [0.3, 0.4) is 0 Å². The molecule has 0 unspecified atom stereocenters. The second-order valence-electron chi connectivity index (χ2n) is 7.51. The van der Waals surface area contributed by atoms with Crippen molar-refractivity contribution in [1.82, 2.24) is 14.9 Å². The third-order valence-electron chi connectivity index (χ3n) is 5.32. The summed E-state index contributed by atoms with van der Waals surface area (Å²) in [6.45, 7) is 9.34. The lowest BCUT2D eigenvalue weighted by Gasteiger charge is -2.26. The molecular formula is C25H31N5O. The van der Waals surface area contributed by atoms with E-state index in [1.54, 1.807) is 19.4 Å². The topological polar surface area (TPSA) is 77.2 Å². The fourth-order valence-corrected chi connectivity index (χ4v) is 3.81. The van der Waals surface area contributed by atoms with Crippen LogP contribution >= 0.6 is 0 Å². The highest BCUT2D eigenvalue weighted by molar-refractivity contribution is 6.22. The lowest BCUT2D eigenvalue weighted by Crippen LogP contribution is -2.20. The molecule has 0 saturated carbocycles. The average Bonchev–Trinajstić information content (AvgIpc) is 3.30. The van der Waals surface area contributed by atoms with Crippen LogP contribution < -0.4 is 10.2 Å². The highest BCUT2D eigenvalue weighted by atomic mass is 16.3. The Bertz CT molecular complexity index is 1050. The first kappa shape index (κ1) is 22.3. The second kappa shape index (κ2) is 10.1. The molecule has 0 saturated heterocycles. The molecule has 0 radical (unpaired) electrons. The molecule has 3 aromatic rings. The van der Waals surface area contributed by atoms with Crippen molar-refractivity contribution in [1.29, 1.82) is 5.41 Å². The second-order valence-corrected chi connectivity index (χ2v) is 7.51. The molecule has 31 heavy (non-hydrogen) atoms. The zero-order valence-electron chi connectivity index (χ0n) is 18.7. The largest absolute Gasteiger partial charge is 0.395 e. The lowest BCUT2D eigenvalue weighted by molar-refractivity contribution is 0.297. The Balaban J connectivity index is 1.99. The van der Waals surface area contributed by atoms with Crippen LogP contribution in [0.15, 0.2) is 66.9 Å². The quantitative estimate of drug-likeness (QED) is 0.441. The van der Waals surface area contributed by atoms with Gasteiger partial charge in [-0.3, -0.25) is 0 Å². The molecule has 0 aliphatic rings. The summed E-state index contributed by atoms with van der Waals surface area (Å²) in [5.41, 5.74) is 7.70. The third kappa shape index (κ3) is 5.03. The Kier molecular flexibility index (Phi) is 7.26. The smallest absolute Gasteiger partial charge is 0.0991 e. The number of hydrogen-bond donors (Lipinski definition) is 3. The van der Waals surface area contributed by atoms with E-state index >= 15 is 0 Å². The van der Waals surface area contributed by atoms with Gasteiger partial charge in [-0.25, -0.2) is 4.98 Å². The summed E-state index contributed by atoms with van der Waals surface area (Å²) in [4.78, 5) is 6.40. The van der Waals surface area contributed by atoms with Crippen LogP contribution in [0.4, 0.5) is 11.4 Å². The Morgan fingerprint density at radius 3 is 2.48 bits per heavy atom. The number of allylic oxidation sites excluding steroid dienone is 2. The van der Waals surface area contributed by atoms with Gasteiger partial charge in [0, 0.05) is 59.5 Å². The number of aliphatic hydroxyl groups excluding tert-OH is 1. The fraction of sp³-hybridized carbons (Fsp3) is 0.280. The molecule has 2 aromatic carbocycles. The minimum Gasteiger partial charge on any atom is -0.395 e. The maximum absolute atomic E-state index is 9.15. The first-order chi connectivity index (χ1) is 15.0. The van der Waals surface area contributed by atoms with Crippen LogP contribution in [0.5, 0.6) is 0 Å². The number of benzene rings is 2. The predicted molar refractivity (Wildman–Crippen MR) is 129 cm³/mol. The number of hydrogen-bond acceptors (Lipinski definition) is 5. The highest BCUT2D eigenvalue weighted by Crippen LogP contribution is 2.32. The van der Waals surface area contributed by atoms with E-state index in [9.17, 15) is 0 Å². The number of aryl methyl sites for hydroxylation is 1. The molecule has 0 bridgehead atoms. The van der Waals surface area contributed by atoms with Gasteiger partial charge in [0.1, 0.15) is 0 Å². The van der Waals surface area contributed by atoms with Gasteiger partial charge in [0.05, 0.1) is 12.9 Å². The van der Waals surface area contributed by atoms with Crippen molar-refractivity contribution >= 4 is 22.7 Å². The van der Waals surface area contributed by atoms with Crippen molar-refractivity contribution in [2.45, 2.75) is 27.7 Å². The zero-order chi connectivity index (χ0) is 22.4. The summed E-state index contributed by atoms with van der Waals surface area (Å²) in [5.74, 6) is 0. The molecule has 0 atom stereocenters. The van der Waals surface area contributed by atoms with Crippen molar-refractivity contribution in [2.75, 3.05) is 24.6 Å². The molecule has 0 fully saturated rings. The minimum atomic E-state index is 0.0551. The minimum absolute atomic E-state index is 0.0551. The Morgan fingerprint density at radius 2 is 1.90 bits per heavy atom. The number of rotatable bonds is 9. The van der Waals surface area contributed by atoms with Crippen molar-refractivity contribution < 1.29 is 5.11 Å². The Morgan fingerprint density at radius 1 is 1.16 bits per heavy atom. The van der Waals surface area contributed by atoms with Gasteiger partial charge in [0.15, 0.2) is 0 Å². The summed E-state index contributed by atoms with van der Waals surface area (Å²) in [5, 5.41) is 20.7. The summed E-state index contributed by atoms with van der Waals surface area (Å²) < 4.78 is 1.98. The van der Waals surface area contributed by atoms with E-state index < -0.39 is 0 Å². The van der Waals surface area contributed by atoms with Gasteiger partial charge in [0.2, 0.25) is 0 Å². The number of anilines is 2. The molecule has 6 heteroatoms. The first-order valence-corrected chi connectivity index (χ1v) is 10.5. The molecule has 162 valence electrons. The van der Waals surface area contributed by atoms with E-state index in [1.807, 2.05) is 17.7 Å². The summed E-state index contributed by atoms with van der Waals surface area (Å²) >= 11 is 0. The normalized spacial score (nSPS) is 11.8. The molecule has 6 nitrogen and oxygen atoms in total. The number of aliphatic hydroxyl groups is 1. The van der Waals surface area contributed by atoms with E-state index in [1.165, 1.54) is 5.56 Å². The van der Waals surface area contributed by atoms with E-state index in [2.05, 4.69) is 71.5 Å². The monoisotopic (exact) mass is 417 g/mol. The fourth-order valence-electron chi connectivity index (χ4n) is 3.81. The van der Waals surface area contributed by atoms with E-state index in [0.29, 0.717) is 12.3 Å². The number of nitrogens with one attached hydrogen (secondary N) is 2. The summed E-state index contributed by atoms with van der Waals surface area (Å²) in [7, 11) is 0. The molecule has 0 aliphatic carbocycles. The standard InChI is InChI=1S/C25H31N5O/c1-5-30(23-10-8-22(9-11-23)29-14-12-27-17-29)24-16-21(7-6-18(24)2)25(19(3)26)20(4)28-13-15-31/h6-12,14,16-17,26,28,31H,5,13,15H2,1-4H3/b25-20+,26-19?. The molecule has 0 aliphatic heterocycles.